The summed E-state index contributed by atoms with van der Waals surface area (Å²) in [4.78, 5) is 20.9. The summed E-state index contributed by atoms with van der Waals surface area (Å²) in [5, 5.41) is 15.2. The third kappa shape index (κ3) is 7.96. The molecule has 1 aliphatic heterocycles. The molecule has 40 heavy (non-hydrogen) atoms. The van der Waals surface area contributed by atoms with Crippen molar-refractivity contribution in [3.63, 3.8) is 0 Å². The maximum absolute atomic E-state index is 13.1. The van der Waals surface area contributed by atoms with Gasteiger partial charge in [-0.25, -0.2) is 13.4 Å². The summed E-state index contributed by atoms with van der Waals surface area (Å²) in [6.45, 7) is 5.25. The molecular weight excluding hydrogens is 526 g/mol. The lowest BCUT2D eigenvalue weighted by Gasteiger charge is -2.37. The number of carbonyl (C=O) groups is 1. The molecule has 11 heteroatoms. The second-order valence-corrected chi connectivity index (χ2v) is 12.7. The fraction of sp³-hybridized carbons (Fsp3) is 0.483. The Kier molecular flexibility index (Phi) is 9.66. The number of benzene rings is 1. The number of nitrogens with zero attached hydrogens (tertiary/aromatic N) is 4. The SMILES string of the molecule is C=CC(=O)Nc1cc(NS(=O)(=O)CC2CCC(Nc3ccc(C#N)cn3)CC2)ccc1N1CCC(N(C)C)CC1. The Morgan fingerprint density at radius 2 is 1.88 bits per heavy atom. The van der Waals surface area contributed by atoms with E-state index >= 15 is 0 Å². The van der Waals surface area contributed by atoms with Gasteiger partial charge in [0.1, 0.15) is 11.9 Å². The number of carbonyl (C=O) groups excluding carboxylic acids is 1. The lowest BCUT2D eigenvalue weighted by Crippen LogP contribution is -2.42. The Labute approximate surface area is 237 Å². The Morgan fingerprint density at radius 3 is 2.48 bits per heavy atom. The van der Waals surface area contributed by atoms with Crippen molar-refractivity contribution in [1.82, 2.24) is 9.88 Å². The molecule has 2 aliphatic rings. The number of nitriles is 1. The normalized spacial score (nSPS) is 20.0. The van der Waals surface area contributed by atoms with Crippen LogP contribution in [0.4, 0.5) is 22.9 Å². The van der Waals surface area contributed by atoms with E-state index in [0.29, 0.717) is 23.0 Å². The summed E-state index contributed by atoms with van der Waals surface area (Å²) in [6.07, 6.45) is 8.05. The van der Waals surface area contributed by atoms with Crippen molar-refractivity contribution in [2.75, 3.05) is 53.2 Å². The van der Waals surface area contributed by atoms with E-state index in [9.17, 15) is 13.2 Å². The third-order valence-corrected chi connectivity index (χ3v) is 9.25. The van der Waals surface area contributed by atoms with Crippen LogP contribution in [0, 0.1) is 17.2 Å². The molecule has 1 amide bonds. The fourth-order valence-corrected chi connectivity index (χ4v) is 7.07. The van der Waals surface area contributed by atoms with Crippen molar-refractivity contribution in [2.45, 2.75) is 50.6 Å². The molecule has 2 aromatic rings. The van der Waals surface area contributed by atoms with Crippen molar-refractivity contribution in [2.24, 2.45) is 5.92 Å². The molecule has 4 rings (SSSR count). The average molecular weight is 566 g/mol. The number of hydrogen-bond donors (Lipinski definition) is 3. The van der Waals surface area contributed by atoms with Gasteiger partial charge in [-0.2, -0.15) is 5.26 Å². The van der Waals surface area contributed by atoms with E-state index in [1.165, 1.54) is 6.08 Å². The zero-order valence-electron chi connectivity index (χ0n) is 23.3. The van der Waals surface area contributed by atoms with E-state index in [4.69, 9.17) is 5.26 Å². The van der Waals surface area contributed by atoms with Gasteiger partial charge in [-0.15, -0.1) is 0 Å². The molecule has 10 nitrogen and oxygen atoms in total. The lowest BCUT2D eigenvalue weighted by molar-refractivity contribution is -0.111. The number of rotatable bonds is 10. The summed E-state index contributed by atoms with van der Waals surface area (Å²) >= 11 is 0. The minimum Gasteiger partial charge on any atom is -0.370 e. The number of hydrogen-bond acceptors (Lipinski definition) is 8. The highest BCUT2D eigenvalue weighted by Gasteiger charge is 2.27. The summed E-state index contributed by atoms with van der Waals surface area (Å²) in [5.41, 5.74) is 2.38. The first-order valence-corrected chi connectivity index (χ1v) is 15.4. The lowest BCUT2D eigenvalue weighted by atomic mass is 9.87. The summed E-state index contributed by atoms with van der Waals surface area (Å²) < 4.78 is 28.9. The van der Waals surface area contributed by atoms with Gasteiger partial charge in [-0.1, -0.05) is 6.58 Å². The van der Waals surface area contributed by atoms with Crippen molar-refractivity contribution in [1.29, 1.82) is 5.26 Å². The number of anilines is 4. The molecule has 0 bridgehead atoms. The number of pyridine rings is 1. The average Bonchev–Trinajstić information content (AvgIpc) is 2.94. The summed E-state index contributed by atoms with van der Waals surface area (Å²) in [6, 6.07) is 11.7. The van der Waals surface area contributed by atoms with E-state index in [-0.39, 0.29) is 23.6 Å². The minimum absolute atomic E-state index is 0.0446. The highest BCUT2D eigenvalue weighted by atomic mass is 32.2. The molecule has 1 saturated carbocycles. The molecule has 0 radical (unpaired) electrons. The highest BCUT2D eigenvalue weighted by molar-refractivity contribution is 7.92. The first kappa shape index (κ1) is 29.4. The zero-order valence-corrected chi connectivity index (χ0v) is 24.1. The van der Waals surface area contributed by atoms with Gasteiger partial charge in [0.15, 0.2) is 0 Å². The third-order valence-electron chi connectivity index (χ3n) is 7.80. The van der Waals surface area contributed by atoms with Gasteiger partial charge in [0.25, 0.3) is 0 Å². The van der Waals surface area contributed by atoms with E-state index in [2.05, 4.69) is 56.9 Å². The van der Waals surface area contributed by atoms with Crippen LogP contribution in [0.2, 0.25) is 0 Å². The van der Waals surface area contributed by atoms with Crippen LogP contribution in [0.1, 0.15) is 44.1 Å². The molecule has 1 saturated heterocycles. The molecule has 0 unspecified atom stereocenters. The van der Waals surface area contributed by atoms with E-state index < -0.39 is 10.0 Å². The standard InChI is InChI=1S/C29H39N7O3S/c1-4-29(37)33-26-17-24(10-11-27(26)36-15-13-25(14-16-36)35(2)3)34-40(38,39)20-21-5-8-23(9-6-21)32-28-12-7-22(18-30)19-31-28/h4,7,10-12,17,19,21,23,25,34H,1,5-6,8-9,13-16,20H2,2-3H3,(H,31,32)(H,33,37). The number of amides is 1. The Balaban J connectivity index is 1.35. The Morgan fingerprint density at radius 1 is 1.15 bits per heavy atom. The number of nitrogens with one attached hydrogen (secondary N) is 3. The fourth-order valence-electron chi connectivity index (χ4n) is 5.54. The minimum atomic E-state index is -3.59. The van der Waals surface area contributed by atoms with E-state index in [0.717, 1.165) is 63.1 Å². The maximum atomic E-state index is 13.1. The first-order chi connectivity index (χ1) is 19.2. The van der Waals surface area contributed by atoms with Crippen molar-refractivity contribution in [3.05, 3.63) is 54.7 Å². The van der Waals surface area contributed by atoms with Crippen LogP contribution in [0.3, 0.4) is 0 Å². The van der Waals surface area contributed by atoms with E-state index in [1.54, 1.807) is 30.5 Å². The van der Waals surface area contributed by atoms with Crippen molar-refractivity contribution >= 4 is 38.8 Å². The summed E-state index contributed by atoms with van der Waals surface area (Å²) in [7, 11) is 0.594. The monoisotopic (exact) mass is 565 g/mol. The first-order valence-electron chi connectivity index (χ1n) is 13.8. The Hall–Kier alpha value is -3.62. The van der Waals surface area contributed by atoms with Gasteiger partial charge < -0.3 is 20.4 Å². The molecule has 214 valence electrons. The van der Waals surface area contributed by atoms with Crippen LogP contribution in [0.5, 0.6) is 0 Å². The number of aromatic nitrogens is 1. The second kappa shape index (κ2) is 13.2. The summed E-state index contributed by atoms with van der Waals surface area (Å²) in [5.74, 6) is 0.484. The zero-order chi connectivity index (χ0) is 28.7. The quantitative estimate of drug-likeness (QED) is 0.368. The molecule has 3 N–H and O–H groups in total. The number of piperidine rings is 1. The van der Waals surface area contributed by atoms with Gasteiger partial charge in [0, 0.05) is 31.4 Å². The van der Waals surface area contributed by atoms with Crippen LogP contribution < -0.4 is 20.3 Å². The van der Waals surface area contributed by atoms with Crippen molar-refractivity contribution < 1.29 is 13.2 Å². The molecule has 2 fully saturated rings. The van der Waals surface area contributed by atoms with Crippen LogP contribution in [0.25, 0.3) is 0 Å². The van der Waals surface area contributed by atoms with Crippen LogP contribution in [0.15, 0.2) is 49.2 Å². The van der Waals surface area contributed by atoms with Crippen LogP contribution in [-0.4, -0.2) is 69.2 Å². The second-order valence-electron chi connectivity index (χ2n) is 10.9. The topological polar surface area (TPSA) is 130 Å². The predicted molar refractivity (Wildman–Crippen MR) is 160 cm³/mol. The highest BCUT2D eigenvalue weighted by Crippen LogP contribution is 2.33. The van der Waals surface area contributed by atoms with Gasteiger partial charge in [-0.3, -0.25) is 9.52 Å². The van der Waals surface area contributed by atoms with Crippen LogP contribution in [-0.2, 0) is 14.8 Å². The van der Waals surface area contributed by atoms with Gasteiger partial charge >= 0.3 is 0 Å². The van der Waals surface area contributed by atoms with Crippen LogP contribution >= 0.6 is 0 Å². The molecule has 0 atom stereocenters. The number of sulfonamides is 1. The van der Waals surface area contributed by atoms with Gasteiger partial charge in [0.2, 0.25) is 15.9 Å². The van der Waals surface area contributed by atoms with Gasteiger partial charge in [0.05, 0.1) is 28.4 Å². The predicted octanol–water partition coefficient (Wildman–Crippen LogP) is 4.02. The molecular formula is C29H39N7O3S. The molecule has 1 aromatic heterocycles. The largest absolute Gasteiger partial charge is 0.370 e. The molecule has 1 aromatic carbocycles. The maximum Gasteiger partial charge on any atom is 0.247 e. The van der Waals surface area contributed by atoms with Crippen molar-refractivity contribution in [3.8, 4) is 6.07 Å². The van der Waals surface area contributed by atoms with Gasteiger partial charge in [-0.05, 0) is 94.9 Å². The molecule has 1 aliphatic carbocycles. The molecule has 0 spiro atoms. The molecule has 2 heterocycles. The Bertz CT molecular complexity index is 1320. The van der Waals surface area contributed by atoms with E-state index in [1.807, 2.05) is 6.07 Å². The smallest absolute Gasteiger partial charge is 0.247 e.